The van der Waals surface area contributed by atoms with Gasteiger partial charge in [0.1, 0.15) is 6.10 Å². The number of benzene rings is 1. The van der Waals surface area contributed by atoms with Crippen LogP contribution in [0.25, 0.3) is 0 Å². The Labute approximate surface area is 198 Å². The molecule has 0 bridgehead atoms. The maximum absolute atomic E-state index is 12.8. The average Bonchev–Trinajstić information content (AvgIpc) is 3.20. The van der Waals surface area contributed by atoms with Crippen LogP contribution < -0.4 is 20.1 Å². The molecule has 2 N–H and O–H groups in total. The number of guanidine groups is 1. The lowest BCUT2D eigenvalue weighted by atomic mass is 9.85. The predicted octanol–water partition coefficient (Wildman–Crippen LogP) is 3.28. The summed E-state index contributed by atoms with van der Waals surface area (Å²) in [4.78, 5) is 19.2. The highest BCUT2D eigenvalue weighted by Crippen LogP contribution is 2.39. The van der Waals surface area contributed by atoms with Crippen LogP contribution >= 0.6 is 24.0 Å². The predicted molar refractivity (Wildman–Crippen MR) is 132 cm³/mol. The van der Waals surface area contributed by atoms with Crippen molar-refractivity contribution in [1.29, 1.82) is 0 Å². The number of rotatable bonds is 9. The fraction of sp³-hybridized carbons (Fsp3) is 0.636. The molecular formula is C22H37IN4O3. The molecule has 2 rings (SSSR count). The second kappa shape index (κ2) is 12.9. The van der Waals surface area contributed by atoms with Crippen LogP contribution in [-0.2, 0) is 4.79 Å². The van der Waals surface area contributed by atoms with Crippen LogP contribution in [0.15, 0.2) is 29.3 Å². The van der Waals surface area contributed by atoms with E-state index in [1.165, 1.54) is 0 Å². The van der Waals surface area contributed by atoms with Crippen LogP contribution in [0.5, 0.6) is 11.5 Å². The zero-order valence-electron chi connectivity index (χ0n) is 18.9. The third-order valence-electron chi connectivity index (χ3n) is 5.26. The lowest BCUT2D eigenvalue weighted by molar-refractivity contribution is -0.138. The zero-order valence-corrected chi connectivity index (χ0v) is 21.2. The highest BCUT2D eigenvalue weighted by atomic mass is 127. The van der Waals surface area contributed by atoms with Crippen LogP contribution in [-0.4, -0.2) is 63.7 Å². The van der Waals surface area contributed by atoms with Gasteiger partial charge in [0.2, 0.25) is 5.91 Å². The van der Waals surface area contributed by atoms with Crippen molar-refractivity contribution >= 4 is 35.8 Å². The van der Waals surface area contributed by atoms with Crippen molar-refractivity contribution in [2.24, 2.45) is 10.4 Å². The minimum absolute atomic E-state index is 0. The molecule has 1 amide bonds. The van der Waals surface area contributed by atoms with E-state index in [-0.39, 0.29) is 41.4 Å². The van der Waals surface area contributed by atoms with Gasteiger partial charge in [-0.05, 0) is 38.8 Å². The van der Waals surface area contributed by atoms with E-state index in [0.717, 1.165) is 32.2 Å². The van der Waals surface area contributed by atoms with E-state index in [2.05, 4.69) is 10.6 Å². The Balaban J connectivity index is 0.00000450. The van der Waals surface area contributed by atoms with Crippen molar-refractivity contribution in [1.82, 2.24) is 15.5 Å². The minimum Gasteiger partial charge on any atom is -0.493 e. The van der Waals surface area contributed by atoms with Gasteiger partial charge in [0, 0.05) is 20.6 Å². The summed E-state index contributed by atoms with van der Waals surface area (Å²) in [5.74, 6) is 2.32. The number of nitrogens with one attached hydrogen (secondary N) is 2. The second-order valence-electron chi connectivity index (χ2n) is 7.84. The normalized spacial score (nSPS) is 16.2. The molecule has 1 aliphatic rings. The highest BCUT2D eigenvalue weighted by Gasteiger charge is 2.42. The SMILES string of the molecule is CCNC(=NCC1(C(=O)N(C)C)CCCC1)NCC(C)Oc1ccccc1OC.I. The number of ether oxygens (including phenoxy) is 2. The Kier molecular flexibility index (Phi) is 11.3. The Morgan fingerprint density at radius 1 is 1.20 bits per heavy atom. The Hall–Kier alpha value is -1.71. The second-order valence-corrected chi connectivity index (χ2v) is 7.84. The summed E-state index contributed by atoms with van der Waals surface area (Å²) < 4.78 is 11.3. The van der Waals surface area contributed by atoms with Crippen molar-refractivity contribution in [3.8, 4) is 11.5 Å². The molecule has 0 aromatic heterocycles. The molecular weight excluding hydrogens is 495 g/mol. The Morgan fingerprint density at radius 2 is 1.83 bits per heavy atom. The Bertz CT molecular complexity index is 691. The topological polar surface area (TPSA) is 75.2 Å². The van der Waals surface area contributed by atoms with E-state index >= 15 is 0 Å². The van der Waals surface area contributed by atoms with E-state index in [0.29, 0.717) is 30.5 Å². The van der Waals surface area contributed by atoms with Gasteiger partial charge >= 0.3 is 0 Å². The first-order valence-electron chi connectivity index (χ1n) is 10.5. The van der Waals surface area contributed by atoms with Gasteiger partial charge < -0.3 is 25.0 Å². The summed E-state index contributed by atoms with van der Waals surface area (Å²) in [5, 5.41) is 6.60. The summed E-state index contributed by atoms with van der Waals surface area (Å²) >= 11 is 0. The first kappa shape index (κ1) is 26.3. The van der Waals surface area contributed by atoms with Crippen LogP contribution in [0, 0.1) is 5.41 Å². The molecule has 1 unspecified atom stereocenters. The van der Waals surface area contributed by atoms with Gasteiger partial charge in [0.25, 0.3) is 0 Å². The molecule has 0 saturated heterocycles. The third-order valence-corrected chi connectivity index (χ3v) is 5.26. The molecule has 0 aliphatic heterocycles. The highest BCUT2D eigenvalue weighted by molar-refractivity contribution is 14.0. The quantitative estimate of drug-likeness (QED) is 0.290. The van der Waals surface area contributed by atoms with E-state index in [1.807, 2.05) is 52.2 Å². The number of hydrogen-bond acceptors (Lipinski definition) is 4. The standard InChI is InChI=1S/C22H36N4O3.HI/c1-6-23-21(25-16-22(13-9-10-14-22)20(27)26(3)4)24-15-17(2)29-19-12-8-7-11-18(19)28-5;/h7-8,11-12,17H,6,9-10,13-16H2,1-5H3,(H2,23,24,25);1H. The average molecular weight is 532 g/mol. The molecule has 1 atom stereocenters. The fourth-order valence-corrected chi connectivity index (χ4v) is 3.75. The molecule has 1 aromatic rings. The van der Waals surface area contributed by atoms with Gasteiger partial charge in [-0.3, -0.25) is 9.79 Å². The third kappa shape index (κ3) is 7.21. The number of nitrogens with zero attached hydrogens (tertiary/aromatic N) is 2. The lowest BCUT2D eigenvalue weighted by Gasteiger charge is -2.29. The van der Waals surface area contributed by atoms with Crippen LogP contribution in [0.3, 0.4) is 0 Å². The maximum Gasteiger partial charge on any atom is 0.230 e. The van der Waals surface area contributed by atoms with E-state index in [4.69, 9.17) is 14.5 Å². The van der Waals surface area contributed by atoms with Crippen LogP contribution in [0.1, 0.15) is 39.5 Å². The molecule has 0 spiro atoms. The van der Waals surface area contributed by atoms with Crippen LogP contribution in [0.2, 0.25) is 0 Å². The van der Waals surface area contributed by atoms with Crippen molar-refractivity contribution in [2.45, 2.75) is 45.6 Å². The number of carbonyl (C=O) groups is 1. The minimum atomic E-state index is -0.370. The van der Waals surface area contributed by atoms with Crippen molar-refractivity contribution in [3.63, 3.8) is 0 Å². The van der Waals surface area contributed by atoms with E-state index in [1.54, 1.807) is 12.0 Å². The van der Waals surface area contributed by atoms with Crippen molar-refractivity contribution in [2.75, 3.05) is 40.8 Å². The number of halogens is 1. The number of methoxy groups -OCH3 is 1. The maximum atomic E-state index is 12.8. The van der Waals surface area contributed by atoms with Gasteiger partial charge in [0.15, 0.2) is 17.5 Å². The molecule has 7 nitrogen and oxygen atoms in total. The molecule has 1 aliphatic carbocycles. The van der Waals surface area contributed by atoms with Crippen molar-refractivity contribution in [3.05, 3.63) is 24.3 Å². The smallest absolute Gasteiger partial charge is 0.230 e. The molecule has 0 heterocycles. The lowest BCUT2D eigenvalue weighted by Crippen LogP contribution is -2.44. The van der Waals surface area contributed by atoms with Gasteiger partial charge in [-0.1, -0.05) is 25.0 Å². The molecule has 0 radical (unpaired) electrons. The number of para-hydroxylation sites is 2. The molecule has 1 fully saturated rings. The number of amides is 1. The molecule has 30 heavy (non-hydrogen) atoms. The largest absolute Gasteiger partial charge is 0.493 e. The molecule has 1 saturated carbocycles. The van der Waals surface area contributed by atoms with Gasteiger partial charge in [0.05, 0.1) is 25.6 Å². The summed E-state index contributed by atoms with van der Waals surface area (Å²) in [6, 6.07) is 7.61. The summed E-state index contributed by atoms with van der Waals surface area (Å²) in [6.07, 6.45) is 3.89. The number of carbonyl (C=O) groups excluding carboxylic acids is 1. The van der Waals surface area contributed by atoms with E-state index < -0.39 is 0 Å². The molecule has 1 aromatic carbocycles. The van der Waals surface area contributed by atoms with Gasteiger partial charge in [-0.25, -0.2) is 0 Å². The van der Waals surface area contributed by atoms with Crippen molar-refractivity contribution < 1.29 is 14.3 Å². The summed E-state index contributed by atoms with van der Waals surface area (Å²) in [7, 11) is 5.29. The molecule has 170 valence electrons. The first-order chi connectivity index (χ1) is 13.9. The van der Waals surface area contributed by atoms with Crippen LogP contribution in [0.4, 0.5) is 0 Å². The first-order valence-corrected chi connectivity index (χ1v) is 10.5. The fourth-order valence-electron chi connectivity index (χ4n) is 3.75. The van der Waals surface area contributed by atoms with Gasteiger partial charge in [-0.2, -0.15) is 0 Å². The van der Waals surface area contributed by atoms with E-state index in [9.17, 15) is 4.79 Å². The zero-order chi connectivity index (χ0) is 21.3. The Morgan fingerprint density at radius 3 is 2.40 bits per heavy atom. The summed E-state index contributed by atoms with van der Waals surface area (Å²) in [6.45, 7) is 5.86. The number of hydrogen-bond donors (Lipinski definition) is 2. The summed E-state index contributed by atoms with van der Waals surface area (Å²) in [5.41, 5.74) is -0.370. The van der Waals surface area contributed by atoms with Gasteiger partial charge in [-0.15, -0.1) is 24.0 Å². The number of aliphatic imine (C=N–C) groups is 1. The molecule has 8 heteroatoms. The monoisotopic (exact) mass is 532 g/mol.